The van der Waals surface area contributed by atoms with Gasteiger partial charge in [-0.3, -0.25) is 5.32 Å². The number of nitrogens with two attached hydrogens (primary N) is 1. The fourth-order valence-corrected chi connectivity index (χ4v) is 0.461. The van der Waals surface area contributed by atoms with Crippen molar-refractivity contribution in [2.24, 2.45) is 5.73 Å². The molecule has 0 atom stereocenters. The Kier molecular flexibility index (Phi) is 6.72. The summed E-state index contributed by atoms with van der Waals surface area (Å²) in [4.78, 5) is 0. The van der Waals surface area contributed by atoms with Crippen molar-refractivity contribution in [2.45, 2.75) is 12.8 Å². The predicted molar refractivity (Wildman–Crippen MR) is 32.3 cm³/mol. The van der Waals surface area contributed by atoms with E-state index in [0.29, 0.717) is 6.54 Å². The van der Waals surface area contributed by atoms with Gasteiger partial charge in [-0.2, -0.15) is 0 Å². The van der Waals surface area contributed by atoms with Crippen molar-refractivity contribution in [3.63, 3.8) is 0 Å². The van der Waals surface area contributed by atoms with E-state index < -0.39 is 6.80 Å². The fourth-order valence-electron chi connectivity index (χ4n) is 0.461. The molecule has 0 saturated heterocycles. The lowest BCUT2D eigenvalue weighted by molar-refractivity contribution is 0.421. The van der Waals surface area contributed by atoms with E-state index in [4.69, 9.17) is 5.73 Å². The highest BCUT2D eigenvalue weighted by Gasteiger charge is 1.82. The summed E-state index contributed by atoms with van der Waals surface area (Å²) in [5.41, 5.74) is 5.19. The average molecular weight is 120 g/mol. The summed E-state index contributed by atoms with van der Waals surface area (Å²) in [7, 11) is 0. The molecule has 0 fully saturated rings. The zero-order valence-corrected chi connectivity index (χ0v) is 4.99. The number of alkyl halides is 1. The molecule has 0 aliphatic rings. The van der Waals surface area contributed by atoms with Crippen molar-refractivity contribution in [2.75, 3.05) is 19.9 Å². The molecule has 0 bridgehead atoms. The van der Waals surface area contributed by atoms with Gasteiger partial charge in [-0.15, -0.1) is 0 Å². The molecule has 50 valence electrons. The van der Waals surface area contributed by atoms with Gasteiger partial charge in [0.15, 0.2) is 0 Å². The first-order chi connectivity index (χ1) is 3.91. The molecule has 3 N–H and O–H groups in total. The van der Waals surface area contributed by atoms with Crippen molar-refractivity contribution in [1.29, 1.82) is 0 Å². The summed E-state index contributed by atoms with van der Waals surface area (Å²) in [5, 5.41) is 2.56. The molecular weight excluding hydrogens is 107 g/mol. The normalized spacial score (nSPS) is 9.75. The number of nitrogens with one attached hydrogen (secondary N) is 1. The predicted octanol–water partition coefficient (Wildman–Crippen LogP) is 0.242. The third-order valence-corrected chi connectivity index (χ3v) is 0.902. The van der Waals surface area contributed by atoms with Crippen molar-refractivity contribution in [3.05, 3.63) is 0 Å². The van der Waals surface area contributed by atoms with Gasteiger partial charge in [0.25, 0.3) is 0 Å². The lowest BCUT2D eigenvalue weighted by atomic mass is 10.3. The molecule has 0 amide bonds. The zero-order chi connectivity index (χ0) is 6.24. The Labute approximate surface area is 49.3 Å². The van der Waals surface area contributed by atoms with Crippen LogP contribution in [0.3, 0.4) is 0 Å². The molecule has 8 heavy (non-hydrogen) atoms. The summed E-state index contributed by atoms with van der Waals surface area (Å²) in [6.45, 7) is 1.02. The monoisotopic (exact) mass is 120 g/mol. The minimum atomic E-state index is -0.426. The average Bonchev–Trinajstić information content (AvgIpc) is 1.81. The Morgan fingerprint density at radius 1 is 1.38 bits per heavy atom. The molecule has 0 aromatic heterocycles. The number of hydrogen-bond donors (Lipinski definition) is 2. The van der Waals surface area contributed by atoms with Crippen molar-refractivity contribution in [3.8, 4) is 0 Å². The van der Waals surface area contributed by atoms with Crippen LogP contribution in [0.4, 0.5) is 4.39 Å². The van der Waals surface area contributed by atoms with Gasteiger partial charge in [0.1, 0.15) is 6.80 Å². The SMILES string of the molecule is NCCCCNCF. The number of hydrogen-bond acceptors (Lipinski definition) is 2. The van der Waals surface area contributed by atoms with E-state index in [1.807, 2.05) is 0 Å². The number of halogens is 1. The number of rotatable bonds is 5. The molecule has 0 spiro atoms. The van der Waals surface area contributed by atoms with E-state index in [1.165, 1.54) is 0 Å². The van der Waals surface area contributed by atoms with Crippen LogP contribution in [0, 0.1) is 0 Å². The Morgan fingerprint density at radius 2 is 2.12 bits per heavy atom. The van der Waals surface area contributed by atoms with Gasteiger partial charge in [-0.05, 0) is 25.9 Å². The molecule has 0 aromatic rings. The van der Waals surface area contributed by atoms with Gasteiger partial charge in [0.05, 0.1) is 0 Å². The highest BCUT2D eigenvalue weighted by atomic mass is 19.1. The van der Waals surface area contributed by atoms with E-state index in [9.17, 15) is 4.39 Å². The maximum atomic E-state index is 11.3. The van der Waals surface area contributed by atoms with Crippen LogP contribution in [0.5, 0.6) is 0 Å². The molecule has 0 unspecified atom stereocenters. The summed E-state index contributed by atoms with van der Waals surface area (Å²) < 4.78 is 11.3. The first-order valence-electron chi connectivity index (χ1n) is 2.88. The van der Waals surface area contributed by atoms with Gasteiger partial charge in [0, 0.05) is 0 Å². The highest BCUT2D eigenvalue weighted by Crippen LogP contribution is 1.80. The van der Waals surface area contributed by atoms with Gasteiger partial charge < -0.3 is 5.73 Å². The summed E-state index contributed by atoms with van der Waals surface area (Å²) in [6, 6.07) is 0. The Balaban J connectivity index is 2.53. The number of unbranched alkanes of at least 4 members (excludes halogenated alkanes) is 1. The first kappa shape index (κ1) is 7.85. The van der Waals surface area contributed by atoms with Crippen LogP contribution in [0.15, 0.2) is 0 Å². The Bertz CT molecular complexity index is 35.4. The molecule has 0 aliphatic carbocycles. The Hall–Kier alpha value is -0.150. The molecule has 0 aromatic carbocycles. The lowest BCUT2D eigenvalue weighted by Gasteiger charge is -1.95. The van der Waals surface area contributed by atoms with E-state index in [0.717, 1.165) is 19.4 Å². The summed E-state index contributed by atoms with van der Waals surface area (Å²) in [5.74, 6) is 0. The van der Waals surface area contributed by atoms with Crippen molar-refractivity contribution >= 4 is 0 Å². The molecule has 0 saturated carbocycles. The molecule has 0 aliphatic heterocycles. The van der Waals surface area contributed by atoms with Crippen LogP contribution in [0.2, 0.25) is 0 Å². The summed E-state index contributed by atoms with van der Waals surface area (Å²) >= 11 is 0. The lowest BCUT2D eigenvalue weighted by Crippen LogP contribution is -2.14. The van der Waals surface area contributed by atoms with E-state index in [-0.39, 0.29) is 0 Å². The van der Waals surface area contributed by atoms with Crippen LogP contribution in [0.1, 0.15) is 12.8 Å². The van der Waals surface area contributed by atoms with Crippen LogP contribution < -0.4 is 11.1 Å². The zero-order valence-electron chi connectivity index (χ0n) is 4.99. The van der Waals surface area contributed by atoms with Crippen LogP contribution in [-0.4, -0.2) is 19.9 Å². The maximum Gasteiger partial charge on any atom is 0.140 e. The van der Waals surface area contributed by atoms with E-state index in [2.05, 4.69) is 5.32 Å². The van der Waals surface area contributed by atoms with Crippen molar-refractivity contribution < 1.29 is 4.39 Å². The first-order valence-corrected chi connectivity index (χ1v) is 2.88. The molecule has 3 heteroatoms. The topological polar surface area (TPSA) is 38.0 Å². The van der Waals surface area contributed by atoms with E-state index >= 15 is 0 Å². The third kappa shape index (κ3) is 5.85. The molecular formula is C5H13FN2. The van der Waals surface area contributed by atoms with Crippen LogP contribution in [0.25, 0.3) is 0 Å². The molecule has 0 rings (SSSR count). The van der Waals surface area contributed by atoms with Crippen molar-refractivity contribution in [1.82, 2.24) is 5.32 Å². The quantitative estimate of drug-likeness (QED) is 0.403. The second-order valence-electron chi connectivity index (χ2n) is 1.63. The Morgan fingerprint density at radius 3 is 2.62 bits per heavy atom. The standard InChI is InChI=1S/C5H13FN2/c6-5-8-4-2-1-3-7/h8H,1-5,7H2. The second kappa shape index (κ2) is 6.85. The largest absolute Gasteiger partial charge is 0.330 e. The minimum absolute atomic E-state index is 0.426. The molecule has 0 radical (unpaired) electrons. The smallest absolute Gasteiger partial charge is 0.140 e. The highest BCUT2D eigenvalue weighted by molar-refractivity contribution is 4.42. The maximum absolute atomic E-state index is 11.3. The van der Waals surface area contributed by atoms with Gasteiger partial charge >= 0.3 is 0 Å². The minimum Gasteiger partial charge on any atom is -0.330 e. The van der Waals surface area contributed by atoms with Gasteiger partial charge in [0.2, 0.25) is 0 Å². The second-order valence-corrected chi connectivity index (χ2v) is 1.63. The third-order valence-electron chi connectivity index (χ3n) is 0.902. The van der Waals surface area contributed by atoms with Crippen LogP contribution >= 0.6 is 0 Å². The van der Waals surface area contributed by atoms with Crippen LogP contribution in [-0.2, 0) is 0 Å². The van der Waals surface area contributed by atoms with Gasteiger partial charge in [-0.25, -0.2) is 4.39 Å². The summed E-state index contributed by atoms with van der Waals surface area (Å²) in [6.07, 6.45) is 1.95. The molecule has 0 heterocycles. The van der Waals surface area contributed by atoms with E-state index in [1.54, 1.807) is 0 Å². The van der Waals surface area contributed by atoms with Gasteiger partial charge in [-0.1, -0.05) is 0 Å². The molecule has 2 nitrogen and oxygen atoms in total. The fraction of sp³-hybridized carbons (Fsp3) is 1.00.